The lowest BCUT2D eigenvalue weighted by Crippen LogP contribution is -2.13. The second-order valence-electron chi connectivity index (χ2n) is 4.48. The molecule has 20 heavy (non-hydrogen) atoms. The van der Waals surface area contributed by atoms with Crippen LogP contribution in [0.3, 0.4) is 0 Å². The highest BCUT2D eigenvalue weighted by molar-refractivity contribution is 6.32. The van der Waals surface area contributed by atoms with Gasteiger partial charge in [-0.05, 0) is 38.1 Å². The normalized spacial score (nSPS) is 10.4. The summed E-state index contributed by atoms with van der Waals surface area (Å²) >= 11 is 5.97. The Morgan fingerprint density at radius 3 is 2.25 bits per heavy atom. The van der Waals surface area contributed by atoms with E-state index in [1.807, 2.05) is 19.9 Å². The predicted molar refractivity (Wildman–Crippen MR) is 78.6 cm³/mol. The van der Waals surface area contributed by atoms with E-state index in [4.69, 9.17) is 21.1 Å². The largest absolute Gasteiger partial charge is 0.490 e. The van der Waals surface area contributed by atoms with Gasteiger partial charge in [-0.2, -0.15) is 0 Å². The minimum absolute atomic E-state index is 0.0238. The average Bonchev–Trinajstić information content (AvgIpc) is 2.41. The fraction of sp³-hybridized carbons (Fsp3) is 0.188. The van der Waals surface area contributed by atoms with Crippen molar-refractivity contribution in [2.24, 2.45) is 0 Å². The second-order valence-corrected chi connectivity index (χ2v) is 4.89. The van der Waals surface area contributed by atoms with Gasteiger partial charge in [0.1, 0.15) is 17.1 Å². The molecule has 0 amide bonds. The van der Waals surface area contributed by atoms with Crippen LogP contribution in [0.25, 0.3) is 0 Å². The van der Waals surface area contributed by atoms with E-state index in [0.717, 1.165) is 0 Å². The van der Waals surface area contributed by atoms with E-state index in [1.165, 1.54) is 0 Å². The third kappa shape index (κ3) is 3.52. The van der Waals surface area contributed by atoms with Crippen LogP contribution in [0.4, 0.5) is 0 Å². The highest BCUT2D eigenvalue weighted by Crippen LogP contribution is 2.26. The molecule has 0 unspecified atom stereocenters. The summed E-state index contributed by atoms with van der Waals surface area (Å²) in [5, 5.41) is 0.392. The summed E-state index contributed by atoms with van der Waals surface area (Å²) in [6.07, 6.45) is -0.0238. The maximum Gasteiger partial charge on any atom is 0.347 e. The number of halogens is 1. The number of rotatable bonds is 4. The van der Waals surface area contributed by atoms with E-state index in [0.29, 0.717) is 22.1 Å². The standard InChI is InChI=1S/C16H15ClO3/c1-11(2)19-14-9-5-3-7-12(14)16(18)20-15-10-6-4-8-13(15)17/h3-11H,1-2H3. The van der Waals surface area contributed by atoms with Gasteiger partial charge >= 0.3 is 5.97 Å². The van der Waals surface area contributed by atoms with Gasteiger partial charge in [0.15, 0.2) is 0 Å². The van der Waals surface area contributed by atoms with Gasteiger partial charge in [-0.25, -0.2) is 4.79 Å². The maximum atomic E-state index is 12.2. The number of hydrogen-bond donors (Lipinski definition) is 0. The smallest absolute Gasteiger partial charge is 0.347 e. The number of carbonyl (C=O) groups excluding carboxylic acids is 1. The van der Waals surface area contributed by atoms with Crippen molar-refractivity contribution in [3.63, 3.8) is 0 Å². The minimum Gasteiger partial charge on any atom is -0.490 e. The Bertz CT molecular complexity index is 608. The van der Waals surface area contributed by atoms with Crippen LogP contribution in [-0.2, 0) is 0 Å². The fourth-order valence-corrected chi connectivity index (χ4v) is 1.85. The summed E-state index contributed by atoms with van der Waals surface area (Å²) in [6.45, 7) is 3.80. The first-order valence-electron chi connectivity index (χ1n) is 6.30. The van der Waals surface area contributed by atoms with E-state index < -0.39 is 5.97 Å². The number of ether oxygens (including phenoxy) is 2. The Morgan fingerprint density at radius 2 is 1.60 bits per heavy atom. The van der Waals surface area contributed by atoms with Gasteiger partial charge in [-0.15, -0.1) is 0 Å². The van der Waals surface area contributed by atoms with E-state index >= 15 is 0 Å². The summed E-state index contributed by atoms with van der Waals surface area (Å²) in [7, 11) is 0. The molecule has 0 saturated heterocycles. The van der Waals surface area contributed by atoms with Crippen molar-refractivity contribution in [1.29, 1.82) is 0 Å². The fourth-order valence-electron chi connectivity index (χ4n) is 1.67. The van der Waals surface area contributed by atoms with Crippen LogP contribution in [0.2, 0.25) is 5.02 Å². The Balaban J connectivity index is 2.23. The van der Waals surface area contributed by atoms with Gasteiger partial charge in [0.25, 0.3) is 0 Å². The summed E-state index contributed by atoms with van der Waals surface area (Å²) in [4.78, 5) is 12.2. The summed E-state index contributed by atoms with van der Waals surface area (Å²) in [5.41, 5.74) is 0.376. The van der Waals surface area contributed by atoms with Crippen molar-refractivity contribution in [3.8, 4) is 11.5 Å². The second kappa shape index (κ2) is 6.44. The zero-order valence-electron chi connectivity index (χ0n) is 11.3. The van der Waals surface area contributed by atoms with Crippen LogP contribution in [0.15, 0.2) is 48.5 Å². The van der Waals surface area contributed by atoms with E-state index in [9.17, 15) is 4.79 Å². The molecular weight excluding hydrogens is 276 g/mol. The quantitative estimate of drug-likeness (QED) is 0.620. The molecule has 0 N–H and O–H groups in total. The molecule has 0 heterocycles. The van der Waals surface area contributed by atoms with Gasteiger partial charge in [-0.3, -0.25) is 0 Å². The van der Waals surface area contributed by atoms with Crippen molar-refractivity contribution < 1.29 is 14.3 Å². The average molecular weight is 291 g/mol. The summed E-state index contributed by atoms with van der Waals surface area (Å²) < 4.78 is 10.9. The molecule has 2 rings (SSSR count). The van der Waals surface area contributed by atoms with Gasteiger partial charge in [0, 0.05) is 0 Å². The van der Waals surface area contributed by atoms with Crippen molar-refractivity contribution in [3.05, 3.63) is 59.1 Å². The molecule has 0 aliphatic carbocycles. The van der Waals surface area contributed by atoms with E-state index in [-0.39, 0.29) is 6.10 Å². The Morgan fingerprint density at radius 1 is 1.00 bits per heavy atom. The van der Waals surface area contributed by atoms with Gasteiger partial charge in [0.05, 0.1) is 11.1 Å². The van der Waals surface area contributed by atoms with Gasteiger partial charge < -0.3 is 9.47 Å². The highest BCUT2D eigenvalue weighted by Gasteiger charge is 2.16. The first-order chi connectivity index (χ1) is 9.58. The number of hydrogen-bond acceptors (Lipinski definition) is 3. The molecule has 2 aromatic rings. The summed E-state index contributed by atoms with van der Waals surface area (Å²) in [5.74, 6) is 0.340. The molecule has 0 saturated carbocycles. The molecular formula is C16H15ClO3. The Hall–Kier alpha value is -2.00. The first-order valence-corrected chi connectivity index (χ1v) is 6.68. The lowest BCUT2D eigenvalue weighted by molar-refractivity contribution is 0.0728. The van der Waals surface area contributed by atoms with Crippen LogP contribution < -0.4 is 9.47 Å². The molecule has 0 fully saturated rings. The lowest BCUT2D eigenvalue weighted by Gasteiger charge is -2.13. The molecule has 0 bridgehead atoms. The zero-order valence-corrected chi connectivity index (χ0v) is 12.1. The maximum absolute atomic E-state index is 12.2. The van der Waals surface area contributed by atoms with Crippen LogP contribution in [-0.4, -0.2) is 12.1 Å². The molecule has 2 aromatic carbocycles. The Kier molecular flexibility index (Phi) is 4.64. The number of esters is 1. The zero-order chi connectivity index (χ0) is 14.5. The molecule has 104 valence electrons. The summed E-state index contributed by atoms with van der Waals surface area (Å²) in [6, 6.07) is 13.8. The number of benzene rings is 2. The van der Waals surface area contributed by atoms with Crippen molar-refractivity contribution in [2.45, 2.75) is 20.0 Å². The van der Waals surface area contributed by atoms with Crippen LogP contribution in [0, 0.1) is 0 Å². The molecule has 0 spiro atoms. The molecule has 4 heteroatoms. The molecule has 0 aromatic heterocycles. The van der Waals surface area contributed by atoms with Crippen LogP contribution in [0.5, 0.6) is 11.5 Å². The molecule has 0 atom stereocenters. The molecule has 0 radical (unpaired) electrons. The molecule has 0 aliphatic rings. The highest BCUT2D eigenvalue weighted by atomic mass is 35.5. The van der Waals surface area contributed by atoms with Crippen LogP contribution in [0.1, 0.15) is 24.2 Å². The minimum atomic E-state index is -0.491. The van der Waals surface area contributed by atoms with Crippen molar-refractivity contribution in [1.82, 2.24) is 0 Å². The Labute approximate surface area is 123 Å². The van der Waals surface area contributed by atoms with E-state index in [1.54, 1.807) is 42.5 Å². The first kappa shape index (κ1) is 14.4. The SMILES string of the molecule is CC(C)Oc1ccccc1C(=O)Oc1ccccc1Cl. The van der Waals surface area contributed by atoms with E-state index in [2.05, 4.69) is 0 Å². The predicted octanol–water partition coefficient (Wildman–Crippen LogP) is 4.35. The number of para-hydroxylation sites is 2. The topological polar surface area (TPSA) is 35.5 Å². The third-order valence-corrected chi connectivity index (χ3v) is 2.82. The van der Waals surface area contributed by atoms with Crippen molar-refractivity contribution in [2.75, 3.05) is 0 Å². The third-order valence-electron chi connectivity index (χ3n) is 2.51. The lowest BCUT2D eigenvalue weighted by atomic mass is 10.2. The van der Waals surface area contributed by atoms with Gasteiger partial charge in [-0.1, -0.05) is 35.9 Å². The molecule has 3 nitrogen and oxygen atoms in total. The molecule has 0 aliphatic heterocycles. The van der Waals surface area contributed by atoms with Crippen LogP contribution >= 0.6 is 11.6 Å². The monoisotopic (exact) mass is 290 g/mol. The van der Waals surface area contributed by atoms with Gasteiger partial charge in [0.2, 0.25) is 0 Å². The number of carbonyl (C=O) groups is 1. The van der Waals surface area contributed by atoms with Crippen molar-refractivity contribution >= 4 is 17.6 Å².